The van der Waals surface area contributed by atoms with E-state index in [0.717, 1.165) is 0 Å². The molecule has 0 radical (unpaired) electrons. The Morgan fingerprint density at radius 2 is 2.11 bits per heavy atom. The van der Waals surface area contributed by atoms with Crippen molar-refractivity contribution in [3.05, 3.63) is 33.3 Å². The molecule has 1 fully saturated rings. The lowest BCUT2D eigenvalue weighted by Crippen LogP contribution is -2.29. The van der Waals surface area contributed by atoms with Crippen molar-refractivity contribution in [1.82, 2.24) is 4.90 Å². The standard InChI is InChI=1S/C13H13BrClNO3/c1-7-5-16(6-9(7)13(18)19)12(17)8-2-3-11(15)10(14)4-8/h2-4,7,9H,5-6H2,1H3,(H,18,19). The van der Waals surface area contributed by atoms with E-state index in [1.807, 2.05) is 6.92 Å². The van der Waals surface area contributed by atoms with Gasteiger partial charge in [-0.3, -0.25) is 9.59 Å². The molecule has 1 heterocycles. The lowest BCUT2D eigenvalue weighted by molar-refractivity contribution is -0.142. The number of nitrogens with zero attached hydrogens (tertiary/aromatic N) is 1. The van der Waals surface area contributed by atoms with Gasteiger partial charge in [0.2, 0.25) is 0 Å². The molecule has 0 spiro atoms. The Kier molecular flexibility index (Phi) is 4.16. The molecule has 0 saturated carbocycles. The van der Waals surface area contributed by atoms with E-state index in [-0.39, 0.29) is 18.4 Å². The van der Waals surface area contributed by atoms with E-state index in [1.54, 1.807) is 23.1 Å². The molecule has 2 rings (SSSR count). The van der Waals surface area contributed by atoms with Gasteiger partial charge in [0.05, 0.1) is 10.9 Å². The molecule has 1 aliphatic rings. The molecule has 1 aliphatic heterocycles. The number of likely N-dealkylation sites (tertiary alicyclic amines) is 1. The zero-order valence-electron chi connectivity index (χ0n) is 10.3. The highest BCUT2D eigenvalue weighted by atomic mass is 79.9. The summed E-state index contributed by atoms with van der Waals surface area (Å²) in [7, 11) is 0. The maximum absolute atomic E-state index is 12.3. The number of carboxylic acid groups (broad SMARTS) is 1. The number of carboxylic acids is 1. The van der Waals surface area contributed by atoms with Gasteiger partial charge in [0.1, 0.15) is 0 Å². The molecule has 0 aliphatic carbocycles. The molecule has 1 aromatic carbocycles. The van der Waals surface area contributed by atoms with Gasteiger partial charge in [0.15, 0.2) is 0 Å². The van der Waals surface area contributed by atoms with Crippen molar-refractivity contribution in [3.63, 3.8) is 0 Å². The smallest absolute Gasteiger partial charge is 0.308 e. The highest BCUT2D eigenvalue weighted by molar-refractivity contribution is 9.10. The minimum absolute atomic E-state index is 0.0304. The van der Waals surface area contributed by atoms with Crippen LogP contribution in [0.3, 0.4) is 0 Å². The highest BCUT2D eigenvalue weighted by Crippen LogP contribution is 2.27. The van der Waals surface area contributed by atoms with Crippen molar-refractivity contribution >= 4 is 39.4 Å². The Hall–Kier alpha value is -1.07. The van der Waals surface area contributed by atoms with Crippen LogP contribution >= 0.6 is 27.5 Å². The fourth-order valence-electron chi connectivity index (χ4n) is 2.27. The molecule has 1 saturated heterocycles. The molecule has 6 heteroatoms. The normalized spacial score (nSPS) is 22.6. The van der Waals surface area contributed by atoms with Crippen molar-refractivity contribution in [2.24, 2.45) is 11.8 Å². The molecule has 1 amide bonds. The first kappa shape index (κ1) is 14.3. The van der Waals surface area contributed by atoms with Crippen molar-refractivity contribution in [3.8, 4) is 0 Å². The van der Waals surface area contributed by atoms with E-state index < -0.39 is 11.9 Å². The van der Waals surface area contributed by atoms with Crippen LogP contribution in [0, 0.1) is 11.8 Å². The molecule has 4 nitrogen and oxygen atoms in total. The molecule has 2 unspecified atom stereocenters. The monoisotopic (exact) mass is 345 g/mol. The predicted molar refractivity (Wildman–Crippen MR) is 75.3 cm³/mol. The number of rotatable bonds is 2. The molecule has 0 aromatic heterocycles. The summed E-state index contributed by atoms with van der Waals surface area (Å²) in [6.45, 7) is 2.58. The lowest BCUT2D eigenvalue weighted by Gasteiger charge is -2.16. The molecule has 0 bridgehead atoms. The van der Waals surface area contributed by atoms with Crippen molar-refractivity contribution in [1.29, 1.82) is 0 Å². The molecule has 19 heavy (non-hydrogen) atoms. The van der Waals surface area contributed by atoms with Gasteiger partial charge in [-0.15, -0.1) is 0 Å². The van der Waals surface area contributed by atoms with E-state index in [0.29, 0.717) is 21.6 Å². The largest absolute Gasteiger partial charge is 0.481 e. The molecular weight excluding hydrogens is 334 g/mol. The van der Waals surface area contributed by atoms with Crippen LogP contribution in [-0.2, 0) is 4.79 Å². The summed E-state index contributed by atoms with van der Waals surface area (Å²) in [6, 6.07) is 4.95. The van der Waals surface area contributed by atoms with E-state index in [2.05, 4.69) is 15.9 Å². The van der Waals surface area contributed by atoms with Crippen LogP contribution in [0.1, 0.15) is 17.3 Å². The Bertz CT molecular complexity index is 535. The molecule has 2 atom stereocenters. The third kappa shape index (κ3) is 2.92. The summed E-state index contributed by atoms with van der Waals surface area (Å²) in [5.74, 6) is -1.52. The van der Waals surface area contributed by atoms with Crippen LogP contribution in [0.2, 0.25) is 5.02 Å². The first-order valence-corrected chi connectivity index (χ1v) is 7.04. The Labute approximate surface area is 124 Å². The van der Waals surface area contributed by atoms with Crippen LogP contribution < -0.4 is 0 Å². The van der Waals surface area contributed by atoms with Crippen LogP contribution in [0.25, 0.3) is 0 Å². The fraction of sp³-hybridized carbons (Fsp3) is 0.385. The average Bonchev–Trinajstić information content (AvgIpc) is 2.74. The summed E-state index contributed by atoms with van der Waals surface area (Å²) < 4.78 is 0.655. The predicted octanol–water partition coefficient (Wildman–Crippen LogP) is 2.90. The average molecular weight is 347 g/mol. The molecule has 1 N–H and O–H groups in total. The lowest BCUT2D eigenvalue weighted by atomic mass is 9.99. The van der Waals surface area contributed by atoms with E-state index >= 15 is 0 Å². The third-order valence-electron chi connectivity index (χ3n) is 3.38. The minimum Gasteiger partial charge on any atom is -0.481 e. The van der Waals surface area contributed by atoms with E-state index in [1.165, 1.54) is 0 Å². The molecule has 1 aromatic rings. The van der Waals surface area contributed by atoms with Crippen LogP contribution in [0.15, 0.2) is 22.7 Å². The van der Waals surface area contributed by atoms with Crippen molar-refractivity contribution < 1.29 is 14.7 Å². The van der Waals surface area contributed by atoms with Crippen LogP contribution in [0.4, 0.5) is 0 Å². The van der Waals surface area contributed by atoms with E-state index in [9.17, 15) is 9.59 Å². The second-order valence-electron chi connectivity index (χ2n) is 4.76. The minimum atomic E-state index is -0.847. The topological polar surface area (TPSA) is 57.6 Å². The molecule has 102 valence electrons. The number of hydrogen-bond acceptors (Lipinski definition) is 2. The summed E-state index contributed by atoms with van der Waals surface area (Å²) in [5.41, 5.74) is 0.509. The number of halogens is 2. The number of benzene rings is 1. The maximum Gasteiger partial charge on any atom is 0.308 e. The Morgan fingerprint density at radius 3 is 2.63 bits per heavy atom. The van der Waals surface area contributed by atoms with Gasteiger partial charge in [0, 0.05) is 23.1 Å². The van der Waals surface area contributed by atoms with E-state index in [4.69, 9.17) is 16.7 Å². The fourth-order valence-corrected chi connectivity index (χ4v) is 2.76. The van der Waals surface area contributed by atoms with Gasteiger partial charge in [-0.25, -0.2) is 0 Å². The van der Waals surface area contributed by atoms with Gasteiger partial charge in [-0.1, -0.05) is 18.5 Å². The second-order valence-corrected chi connectivity index (χ2v) is 6.02. The van der Waals surface area contributed by atoms with Crippen molar-refractivity contribution in [2.45, 2.75) is 6.92 Å². The summed E-state index contributed by atoms with van der Waals surface area (Å²) in [4.78, 5) is 24.9. The zero-order chi connectivity index (χ0) is 14.2. The van der Waals surface area contributed by atoms with Crippen LogP contribution in [-0.4, -0.2) is 35.0 Å². The Morgan fingerprint density at radius 1 is 1.42 bits per heavy atom. The third-order valence-corrected chi connectivity index (χ3v) is 4.60. The quantitative estimate of drug-likeness (QED) is 0.896. The van der Waals surface area contributed by atoms with Gasteiger partial charge in [-0.05, 0) is 40.0 Å². The number of hydrogen-bond donors (Lipinski definition) is 1. The van der Waals surface area contributed by atoms with Gasteiger partial charge in [-0.2, -0.15) is 0 Å². The van der Waals surface area contributed by atoms with Crippen LogP contribution in [0.5, 0.6) is 0 Å². The SMILES string of the molecule is CC1CN(C(=O)c2ccc(Cl)c(Br)c2)CC1C(=O)O. The molecular formula is C13H13BrClNO3. The highest BCUT2D eigenvalue weighted by Gasteiger charge is 2.37. The maximum atomic E-state index is 12.3. The first-order chi connectivity index (χ1) is 8.90. The van der Waals surface area contributed by atoms with Gasteiger partial charge >= 0.3 is 5.97 Å². The number of aliphatic carboxylic acids is 1. The number of carbonyl (C=O) groups excluding carboxylic acids is 1. The van der Waals surface area contributed by atoms with Crippen molar-refractivity contribution in [2.75, 3.05) is 13.1 Å². The Balaban J connectivity index is 2.17. The second kappa shape index (κ2) is 5.51. The number of carbonyl (C=O) groups is 2. The summed E-state index contributed by atoms with van der Waals surface area (Å²) in [5, 5.41) is 9.61. The van der Waals surface area contributed by atoms with Gasteiger partial charge < -0.3 is 10.0 Å². The zero-order valence-corrected chi connectivity index (χ0v) is 12.6. The first-order valence-electron chi connectivity index (χ1n) is 5.87. The summed E-state index contributed by atoms with van der Waals surface area (Å²) >= 11 is 9.16. The summed E-state index contributed by atoms with van der Waals surface area (Å²) in [6.07, 6.45) is 0. The number of amides is 1. The van der Waals surface area contributed by atoms with Gasteiger partial charge in [0.25, 0.3) is 5.91 Å².